The van der Waals surface area contributed by atoms with E-state index in [0.717, 1.165) is 5.69 Å². The van der Waals surface area contributed by atoms with Gasteiger partial charge in [-0.3, -0.25) is 0 Å². The molecule has 0 heterocycles. The number of benzene rings is 1. The van der Waals surface area contributed by atoms with Crippen LogP contribution in [-0.4, -0.2) is 6.04 Å². The van der Waals surface area contributed by atoms with Gasteiger partial charge in [0, 0.05) is 11.7 Å². The fraction of sp³-hybridized carbons (Fsp3) is 0.571. The molecular weight excluding hydrogens is 237 g/mol. The number of nitrogens with one attached hydrogen (secondary N) is 1. The molecule has 0 spiro atoms. The van der Waals surface area contributed by atoms with Gasteiger partial charge in [-0.05, 0) is 36.5 Å². The predicted octanol–water partition coefficient (Wildman–Crippen LogP) is 4.86. The molecule has 0 saturated heterocycles. The molecule has 1 nitrogen and oxygen atoms in total. The average Bonchev–Trinajstić information content (AvgIpc) is 2.26. The maximum absolute atomic E-state index is 13.1. The van der Waals surface area contributed by atoms with Crippen LogP contribution in [0.2, 0.25) is 5.02 Å². The Balaban J connectivity index is 2.11. The van der Waals surface area contributed by atoms with E-state index in [4.69, 9.17) is 11.6 Å². The van der Waals surface area contributed by atoms with E-state index in [1.807, 2.05) is 0 Å². The topological polar surface area (TPSA) is 12.0 Å². The molecule has 1 aliphatic carbocycles. The van der Waals surface area contributed by atoms with Crippen LogP contribution in [0.3, 0.4) is 0 Å². The van der Waals surface area contributed by atoms with E-state index >= 15 is 0 Å². The predicted molar refractivity (Wildman–Crippen MR) is 71.1 cm³/mol. The first-order valence-electron chi connectivity index (χ1n) is 6.21. The van der Waals surface area contributed by atoms with Gasteiger partial charge in [0.15, 0.2) is 0 Å². The zero-order valence-electron chi connectivity index (χ0n) is 10.4. The first-order chi connectivity index (χ1) is 7.99. The van der Waals surface area contributed by atoms with Gasteiger partial charge in [-0.25, -0.2) is 4.39 Å². The molecule has 0 radical (unpaired) electrons. The van der Waals surface area contributed by atoms with Crippen LogP contribution in [0.5, 0.6) is 0 Å². The highest BCUT2D eigenvalue weighted by atomic mass is 35.5. The fourth-order valence-electron chi connectivity index (χ4n) is 2.55. The molecule has 1 aromatic carbocycles. The maximum Gasteiger partial charge on any atom is 0.141 e. The fourth-order valence-corrected chi connectivity index (χ4v) is 2.73. The third-order valence-electron chi connectivity index (χ3n) is 3.77. The van der Waals surface area contributed by atoms with Crippen molar-refractivity contribution in [1.82, 2.24) is 0 Å². The molecule has 0 aliphatic heterocycles. The molecular formula is C14H19ClFN. The van der Waals surface area contributed by atoms with Crippen molar-refractivity contribution in [2.75, 3.05) is 5.32 Å². The molecule has 1 aromatic rings. The van der Waals surface area contributed by atoms with Crippen molar-refractivity contribution in [3.05, 3.63) is 29.0 Å². The third-order valence-corrected chi connectivity index (χ3v) is 4.06. The monoisotopic (exact) mass is 255 g/mol. The second-order valence-electron chi connectivity index (χ2n) is 5.56. The van der Waals surface area contributed by atoms with Crippen molar-refractivity contribution in [2.24, 2.45) is 5.41 Å². The highest BCUT2D eigenvalue weighted by Gasteiger charge is 2.31. The Hall–Kier alpha value is -0.760. The van der Waals surface area contributed by atoms with Crippen LogP contribution in [0.4, 0.5) is 10.1 Å². The molecule has 1 aliphatic rings. The largest absolute Gasteiger partial charge is 0.382 e. The van der Waals surface area contributed by atoms with Crippen LogP contribution in [0.1, 0.15) is 39.5 Å². The zero-order chi connectivity index (χ0) is 12.5. The van der Waals surface area contributed by atoms with Gasteiger partial charge in [-0.15, -0.1) is 0 Å². The Morgan fingerprint density at radius 3 is 2.76 bits per heavy atom. The van der Waals surface area contributed by atoms with E-state index in [1.54, 1.807) is 12.1 Å². The number of anilines is 1. The lowest BCUT2D eigenvalue weighted by atomic mass is 9.73. The molecule has 1 fully saturated rings. The Bertz CT molecular complexity index is 403. The Labute approximate surface area is 107 Å². The van der Waals surface area contributed by atoms with E-state index in [1.165, 1.54) is 31.7 Å². The normalized spacial score (nSPS) is 23.4. The maximum atomic E-state index is 13.1. The minimum atomic E-state index is -0.361. The Morgan fingerprint density at radius 2 is 2.12 bits per heavy atom. The van der Waals surface area contributed by atoms with E-state index in [9.17, 15) is 4.39 Å². The molecule has 3 heteroatoms. The van der Waals surface area contributed by atoms with Gasteiger partial charge in [-0.2, -0.15) is 0 Å². The molecule has 2 rings (SSSR count). The molecule has 1 atom stereocenters. The number of halogens is 2. The summed E-state index contributed by atoms with van der Waals surface area (Å²) >= 11 is 5.79. The molecule has 0 bridgehead atoms. The van der Waals surface area contributed by atoms with Crippen LogP contribution >= 0.6 is 11.6 Å². The Morgan fingerprint density at radius 1 is 1.35 bits per heavy atom. The summed E-state index contributed by atoms with van der Waals surface area (Å²) in [4.78, 5) is 0. The minimum Gasteiger partial charge on any atom is -0.382 e. The van der Waals surface area contributed by atoms with Gasteiger partial charge in [0.25, 0.3) is 0 Å². The number of hydrogen-bond acceptors (Lipinski definition) is 1. The summed E-state index contributed by atoms with van der Waals surface area (Å²) in [6, 6.07) is 5.28. The van der Waals surface area contributed by atoms with Gasteiger partial charge in [0.05, 0.1) is 5.02 Å². The van der Waals surface area contributed by atoms with Crippen LogP contribution in [0.25, 0.3) is 0 Å². The standard InChI is InChI=1S/C14H19ClFN/c1-14(2)8-4-3-5-13(14)17-10-6-7-12(16)11(15)9-10/h6-7,9,13,17H,3-5,8H2,1-2H3. The summed E-state index contributed by atoms with van der Waals surface area (Å²) in [7, 11) is 0. The third kappa shape index (κ3) is 2.92. The second kappa shape index (κ2) is 4.85. The second-order valence-corrected chi connectivity index (χ2v) is 5.97. The van der Waals surface area contributed by atoms with Crippen LogP contribution < -0.4 is 5.32 Å². The van der Waals surface area contributed by atoms with Crippen LogP contribution in [0.15, 0.2) is 18.2 Å². The highest BCUT2D eigenvalue weighted by molar-refractivity contribution is 6.31. The van der Waals surface area contributed by atoms with E-state index < -0.39 is 0 Å². The first kappa shape index (κ1) is 12.7. The molecule has 17 heavy (non-hydrogen) atoms. The Kier molecular flexibility index (Phi) is 3.62. The van der Waals surface area contributed by atoms with Crippen molar-refractivity contribution in [2.45, 2.75) is 45.6 Å². The molecule has 1 saturated carbocycles. The van der Waals surface area contributed by atoms with Gasteiger partial charge in [0.1, 0.15) is 5.82 Å². The summed E-state index contributed by atoms with van der Waals surface area (Å²) in [6.45, 7) is 4.57. The van der Waals surface area contributed by atoms with Crippen LogP contribution in [0, 0.1) is 11.2 Å². The van der Waals surface area contributed by atoms with Gasteiger partial charge < -0.3 is 5.32 Å². The summed E-state index contributed by atoms with van der Waals surface area (Å²) in [5.41, 5.74) is 1.20. The summed E-state index contributed by atoms with van der Waals surface area (Å²) in [5, 5.41) is 3.67. The lowest BCUT2D eigenvalue weighted by Crippen LogP contribution is -2.38. The molecule has 1 N–H and O–H groups in total. The van der Waals surface area contributed by atoms with E-state index in [0.29, 0.717) is 11.5 Å². The summed E-state index contributed by atoms with van der Waals surface area (Å²) in [5.74, 6) is -0.361. The average molecular weight is 256 g/mol. The zero-order valence-corrected chi connectivity index (χ0v) is 11.1. The van der Waals surface area contributed by atoms with Gasteiger partial charge >= 0.3 is 0 Å². The van der Waals surface area contributed by atoms with Crippen molar-refractivity contribution in [3.63, 3.8) is 0 Å². The number of hydrogen-bond donors (Lipinski definition) is 1. The van der Waals surface area contributed by atoms with E-state index in [-0.39, 0.29) is 10.8 Å². The molecule has 94 valence electrons. The smallest absolute Gasteiger partial charge is 0.141 e. The van der Waals surface area contributed by atoms with Gasteiger partial charge in [0.2, 0.25) is 0 Å². The quantitative estimate of drug-likeness (QED) is 0.796. The van der Waals surface area contributed by atoms with E-state index in [2.05, 4.69) is 19.2 Å². The molecule has 0 amide bonds. The summed E-state index contributed by atoms with van der Waals surface area (Å²) < 4.78 is 13.1. The minimum absolute atomic E-state index is 0.184. The van der Waals surface area contributed by atoms with Gasteiger partial charge in [-0.1, -0.05) is 38.3 Å². The van der Waals surface area contributed by atoms with Crippen molar-refractivity contribution < 1.29 is 4.39 Å². The number of rotatable bonds is 2. The molecule has 0 aromatic heterocycles. The SMILES string of the molecule is CC1(C)CCCCC1Nc1ccc(F)c(Cl)c1. The van der Waals surface area contributed by atoms with Crippen molar-refractivity contribution >= 4 is 17.3 Å². The summed E-state index contributed by atoms with van der Waals surface area (Å²) in [6.07, 6.45) is 4.97. The van der Waals surface area contributed by atoms with Crippen molar-refractivity contribution in [3.8, 4) is 0 Å². The van der Waals surface area contributed by atoms with Crippen LogP contribution in [-0.2, 0) is 0 Å². The highest BCUT2D eigenvalue weighted by Crippen LogP contribution is 2.37. The first-order valence-corrected chi connectivity index (χ1v) is 6.58. The lowest BCUT2D eigenvalue weighted by molar-refractivity contribution is 0.217. The lowest BCUT2D eigenvalue weighted by Gasteiger charge is -2.39. The molecule has 1 unspecified atom stereocenters. The van der Waals surface area contributed by atoms with Crippen molar-refractivity contribution in [1.29, 1.82) is 0 Å².